The molecular formula is C17H16F2N2O3. The third-order valence-electron chi connectivity index (χ3n) is 4.06. The molecule has 0 aliphatic rings. The molecule has 0 aliphatic carbocycles. The molecule has 0 fully saturated rings. The van der Waals surface area contributed by atoms with Gasteiger partial charge in [-0.25, -0.2) is 8.78 Å². The number of hydrogen-bond donors (Lipinski definition) is 0. The third kappa shape index (κ3) is 3.24. The molecule has 24 heavy (non-hydrogen) atoms. The van der Waals surface area contributed by atoms with E-state index in [9.17, 15) is 23.7 Å². The Hall–Kier alpha value is -2.83. The molecule has 0 bridgehead atoms. The van der Waals surface area contributed by atoms with Crippen LogP contribution in [0.25, 0.3) is 0 Å². The number of rotatable bonds is 4. The number of carbonyl (C=O) groups is 1. The van der Waals surface area contributed by atoms with Crippen LogP contribution in [0.15, 0.2) is 36.4 Å². The Balaban J connectivity index is 2.34. The number of nitrogens with zero attached hydrogens (tertiary/aromatic N) is 2. The lowest BCUT2D eigenvalue weighted by Crippen LogP contribution is -2.30. The smallest absolute Gasteiger partial charge is 0.273 e. The average molecular weight is 334 g/mol. The van der Waals surface area contributed by atoms with E-state index in [0.717, 1.165) is 12.1 Å². The highest BCUT2D eigenvalue weighted by Gasteiger charge is 2.24. The largest absolute Gasteiger partial charge is 0.335 e. The van der Waals surface area contributed by atoms with E-state index in [0.29, 0.717) is 5.56 Å². The Bertz CT molecular complexity index is 808. The molecule has 0 N–H and O–H groups in total. The molecule has 2 aromatic carbocycles. The maximum Gasteiger partial charge on any atom is 0.273 e. The van der Waals surface area contributed by atoms with Crippen LogP contribution in [0.4, 0.5) is 14.5 Å². The Morgan fingerprint density at radius 3 is 2.46 bits per heavy atom. The molecule has 0 aliphatic heterocycles. The zero-order valence-corrected chi connectivity index (χ0v) is 13.4. The molecule has 2 aromatic rings. The van der Waals surface area contributed by atoms with E-state index in [2.05, 4.69) is 0 Å². The van der Waals surface area contributed by atoms with Crippen LogP contribution in [0.5, 0.6) is 0 Å². The maximum atomic E-state index is 13.4. The van der Waals surface area contributed by atoms with Gasteiger partial charge in [-0.15, -0.1) is 0 Å². The van der Waals surface area contributed by atoms with Gasteiger partial charge in [0, 0.05) is 24.2 Å². The van der Waals surface area contributed by atoms with Crippen LogP contribution < -0.4 is 0 Å². The number of benzene rings is 2. The second kappa shape index (κ2) is 6.74. The summed E-state index contributed by atoms with van der Waals surface area (Å²) in [5.74, 6) is -2.39. The van der Waals surface area contributed by atoms with E-state index >= 15 is 0 Å². The number of halogens is 2. The van der Waals surface area contributed by atoms with Gasteiger partial charge in [-0.2, -0.15) is 0 Å². The van der Waals surface area contributed by atoms with Crippen molar-refractivity contribution in [2.24, 2.45) is 0 Å². The molecule has 2 rings (SSSR count). The molecule has 0 radical (unpaired) electrons. The van der Waals surface area contributed by atoms with E-state index in [1.807, 2.05) is 0 Å². The summed E-state index contributed by atoms with van der Waals surface area (Å²) in [5, 5.41) is 11.0. The Kier molecular flexibility index (Phi) is 4.92. The van der Waals surface area contributed by atoms with Gasteiger partial charge in [0.1, 0.15) is 0 Å². The molecule has 5 nitrogen and oxygen atoms in total. The summed E-state index contributed by atoms with van der Waals surface area (Å²) in [6.07, 6.45) is 0. The fraction of sp³-hybridized carbons (Fsp3) is 0.235. The summed E-state index contributed by atoms with van der Waals surface area (Å²) in [5.41, 5.74) is 0.737. The number of nitro benzene ring substituents is 1. The van der Waals surface area contributed by atoms with Gasteiger partial charge in [-0.1, -0.05) is 12.1 Å². The lowest BCUT2D eigenvalue weighted by Gasteiger charge is -2.26. The van der Waals surface area contributed by atoms with E-state index < -0.39 is 28.5 Å². The Morgan fingerprint density at radius 2 is 1.88 bits per heavy atom. The Morgan fingerprint density at radius 1 is 1.21 bits per heavy atom. The van der Waals surface area contributed by atoms with Gasteiger partial charge in [0.05, 0.1) is 11.0 Å². The highest BCUT2D eigenvalue weighted by Crippen LogP contribution is 2.26. The van der Waals surface area contributed by atoms with Crippen molar-refractivity contribution in [1.82, 2.24) is 4.90 Å². The van der Waals surface area contributed by atoms with Gasteiger partial charge in [0.15, 0.2) is 11.6 Å². The van der Waals surface area contributed by atoms with E-state index in [1.54, 1.807) is 6.92 Å². The fourth-order valence-corrected chi connectivity index (χ4v) is 2.41. The maximum absolute atomic E-state index is 13.4. The van der Waals surface area contributed by atoms with Crippen LogP contribution in [0.3, 0.4) is 0 Å². The number of amides is 1. The minimum atomic E-state index is -0.994. The summed E-state index contributed by atoms with van der Waals surface area (Å²) < 4.78 is 26.4. The van der Waals surface area contributed by atoms with Gasteiger partial charge in [-0.3, -0.25) is 14.9 Å². The molecule has 0 aromatic heterocycles. The number of hydrogen-bond acceptors (Lipinski definition) is 3. The normalized spacial score (nSPS) is 11.9. The van der Waals surface area contributed by atoms with Crippen molar-refractivity contribution in [1.29, 1.82) is 0 Å². The first-order valence-electron chi connectivity index (χ1n) is 7.20. The van der Waals surface area contributed by atoms with Crippen LogP contribution in [-0.4, -0.2) is 22.8 Å². The molecule has 1 unspecified atom stereocenters. The Labute approximate surface area is 137 Å². The van der Waals surface area contributed by atoms with Crippen molar-refractivity contribution in [2.45, 2.75) is 19.9 Å². The molecule has 0 heterocycles. The number of carbonyl (C=O) groups excluding carboxylic acids is 1. The molecule has 126 valence electrons. The van der Waals surface area contributed by atoms with E-state index in [1.165, 1.54) is 43.1 Å². The van der Waals surface area contributed by atoms with Crippen molar-refractivity contribution in [3.05, 3.63) is 74.8 Å². The first kappa shape index (κ1) is 17.5. The van der Waals surface area contributed by atoms with Crippen molar-refractivity contribution >= 4 is 11.6 Å². The minimum absolute atomic E-state index is 0.144. The summed E-state index contributed by atoms with van der Waals surface area (Å²) >= 11 is 0. The lowest BCUT2D eigenvalue weighted by molar-refractivity contribution is -0.385. The topological polar surface area (TPSA) is 63.5 Å². The summed E-state index contributed by atoms with van der Waals surface area (Å²) in [4.78, 5) is 24.4. The van der Waals surface area contributed by atoms with Gasteiger partial charge in [-0.05, 0) is 37.6 Å². The van der Waals surface area contributed by atoms with E-state index in [4.69, 9.17) is 0 Å². The van der Waals surface area contributed by atoms with Crippen molar-refractivity contribution < 1.29 is 18.5 Å². The van der Waals surface area contributed by atoms with Crippen molar-refractivity contribution in [3.8, 4) is 0 Å². The summed E-state index contributed by atoms with van der Waals surface area (Å²) in [7, 11) is 1.51. The number of nitro groups is 1. The SMILES string of the molecule is Cc1c(C(=O)N(C)C(C)c2ccc(F)c(F)c2)cccc1[N+](=O)[O-]. The fourth-order valence-electron chi connectivity index (χ4n) is 2.41. The molecular weight excluding hydrogens is 318 g/mol. The monoisotopic (exact) mass is 334 g/mol. The zero-order chi connectivity index (χ0) is 18.0. The first-order chi connectivity index (χ1) is 11.2. The van der Waals surface area contributed by atoms with Gasteiger partial charge in [0.25, 0.3) is 11.6 Å². The van der Waals surface area contributed by atoms with Gasteiger partial charge < -0.3 is 4.90 Å². The van der Waals surface area contributed by atoms with E-state index in [-0.39, 0.29) is 16.8 Å². The summed E-state index contributed by atoms with van der Waals surface area (Å²) in [6.45, 7) is 3.17. The first-order valence-corrected chi connectivity index (χ1v) is 7.20. The van der Waals surface area contributed by atoms with Crippen LogP contribution in [0.2, 0.25) is 0 Å². The van der Waals surface area contributed by atoms with Crippen LogP contribution in [0.1, 0.15) is 34.5 Å². The molecule has 0 saturated carbocycles. The second-order valence-corrected chi connectivity index (χ2v) is 5.47. The van der Waals surface area contributed by atoms with Crippen molar-refractivity contribution in [3.63, 3.8) is 0 Å². The third-order valence-corrected chi connectivity index (χ3v) is 4.06. The average Bonchev–Trinajstić information content (AvgIpc) is 2.55. The molecule has 1 atom stereocenters. The molecule has 7 heteroatoms. The second-order valence-electron chi connectivity index (χ2n) is 5.47. The lowest BCUT2D eigenvalue weighted by atomic mass is 10.0. The summed E-state index contributed by atoms with van der Waals surface area (Å²) in [6, 6.07) is 7.15. The highest BCUT2D eigenvalue weighted by atomic mass is 19.2. The predicted molar refractivity (Wildman–Crippen MR) is 84.7 cm³/mol. The van der Waals surface area contributed by atoms with Gasteiger partial charge in [0.2, 0.25) is 0 Å². The van der Waals surface area contributed by atoms with Crippen molar-refractivity contribution in [2.75, 3.05) is 7.05 Å². The molecule has 0 saturated heterocycles. The zero-order valence-electron chi connectivity index (χ0n) is 13.4. The molecule has 1 amide bonds. The molecule has 0 spiro atoms. The van der Waals surface area contributed by atoms with Crippen LogP contribution >= 0.6 is 0 Å². The van der Waals surface area contributed by atoms with Crippen LogP contribution in [0, 0.1) is 28.7 Å². The highest BCUT2D eigenvalue weighted by molar-refractivity contribution is 5.96. The minimum Gasteiger partial charge on any atom is -0.335 e. The van der Waals surface area contributed by atoms with Gasteiger partial charge >= 0.3 is 0 Å². The standard InChI is InChI=1S/C17H16F2N2O3/c1-10-13(5-4-6-16(10)21(23)24)17(22)20(3)11(2)12-7-8-14(18)15(19)9-12/h4-9,11H,1-3H3. The quantitative estimate of drug-likeness (QED) is 0.627. The van der Waals surface area contributed by atoms with Crippen LogP contribution in [-0.2, 0) is 0 Å². The predicted octanol–water partition coefficient (Wildman–Crippen LogP) is 4.01.